The first-order valence-corrected chi connectivity index (χ1v) is 7.47. The van der Waals surface area contributed by atoms with E-state index in [1.54, 1.807) is 0 Å². The van der Waals surface area contributed by atoms with Crippen LogP contribution in [0.15, 0.2) is 18.2 Å². The van der Waals surface area contributed by atoms with Crippen LogP contribution in [0.5, 0.6) is 0 Å². The van der Waals surface area contributed by atoms with Crippen molar-refractivity contribution in [1.29, 1.82) is 5.26 Å². The van der Waals surface area contributed by atoms with Gasteiger partial charge >= 0.3 is 0 Å². The molecule has 1 aromatic carbocycles. The van der Waals surface area contributed by atoms with Crippen molar-refractivity contribution in [2.45, 2.75) is 6.42 Å². The van der Waals surface area contributed by atoms with Gasteiger partial charge in [0, 0.05) is 50.6 Å². The minimum atomic E-state index is 0.377. The summed E-state index contributed by atoms with van der Waals surface area (Å²) in [6.07, 6.45) is 0.377. The Bertz CT molecular complexity index is 498. The molecule has 0 saturated carbocycles. The SMILES string of the molecule is CN(C)CCN1CCN(c2ccc(N)c(CC#N)c2)CC1. The van der Waals surface area contributed by atoms with Gasteiger partial charge in [0.25, 0.3) is 0 Å². The van der Waals surface area contributed by atoms with Crippen LogP contribution in [0.1, 0.15) is 5.56 Å². The molecule has 114 valence electrons. The Kier molecular flexibility index (Phi) is 5.43. The van der Waals surface area contributed by atoms with Gasteiger partial charge in [0.15, 0.2) is 0 Å². The molecular formula is C16H25N5. The fraction of sp³-hybridized carbons (Fsp3) is 0.562. The van der Waals surface area contributed by atoms with Gasteiger partial charge in [-0.05, 0) is 37.9 Å². The van der Waals surface area contributed by atoms with Gasteiger partial charge in [-0.15, -0.1) is 0 Å². The quantitative estimate of drug-likeness (QED) is 0.819. The molecule has 5 heteroatoms. The molecule has 0 bridgehead atoms. The number of piperazine rings is 1. The van der Waals surface area contributed by atoms with Crippen LogP contribution in [0, 0.1) is 11.3 Å². The molecule has 1 aliphatic heterocycles. The molecule has 2 rings (SSSR count). The third kappa shape index (κ3) is 4.35. The smallest absolute Gasteiger partial charge is 0.0670 e. The molecule has 0 atom stereocenters. The summed E-state index contributed by atoms with van der Waals surface area (Å²) in [5.74, 6) is 0. The van der Waals surface area contributed by atoms with Gasteiger partial charge in [0.2, 0.25) is 0 Å². The molecule has 1 aromatic rings. The Morgan fingerprint density at radius 1 is 1.24 bits per heavy atom. The van der Waals surface area contributed by atoms with E-state index in [4.69, 9.17) is 11.0 Å². The standard InChI is InChI=1S/C16H25N5/c1-19(2)7-8-20-9-11-21(12-10-20)15-3-4-16(18)14(13-15)5-6-17/h3-4,13H,5,7-12,18H2,1-2H3. The number of rotatable bonds is 5. The van der Waals surface area contributed by atoms with Gasteiger partial charge in [-0.1, -0.05) is 0 Å². The predicted octanol–water partition coefficient (Wildman–Crippen LogP) is 1.02. The Morgan fingerprint density at radius 3 is 2.57 bits per heavy atom. The predicted molar refractivity (Wildman–Crippen MR) is 87.4 cm³/mol. The number of likely N-dealkylation sites (N-methyl/N-ethyl adjacent to an activating group) is 1. The van der Waals surface area contributed by atoms with E-state index in [1.165, 1.54) is 5.69 Å². The molecular weight excluding hydrogens is 262 g/mol. The van der Waals surface area contributed by atoms with Crippen molar-refractivity contribution in [2.75, 3.05) is 64.0 Å². The lowest BCUT2D eigenvalue weighted by molar-refractivity contribution is 0.229. The van der Waals surface area contributed by atoms with Gasteiger partial charge in [0.05, 0.1) is 12.5 Å². The highest BCUT2D eigenvalue weighted by molar-refractivity contribution is 5.59. The van der Waals surface area contributed by atoms with Gasteiger partial charge < -0.3 is 15.5 Å². The summed E-state index contributed by atoms with van der Waals surface area (Å²) in [5.41, 5.74) is 8.74. The normalized spacial score (nSPS) is 16.2. The van der Waals surface area contributed by atoms with Crippen molar-refractivity contribution in [2.24, 2.45) is 0 Å². The van der Waals surface area contributed by atoms with E-state index in [9.17, 15) is 0 Å². The molecule has 2 N–H and O–H groups in total. The Hall–Kier alpha value is -1.77. The molecule has 21 heavy (non-hydrogen) atoms. The zero-order chi connectivity index (χ0) is 15.2. The molecule has 1 aliphatic rings. The van der Waals surface area contributed by atoms with Crippen LogP contribution in [0.25, 0.3) is 0 Å². The number of nitrogens with zero attached hydrogens (tertiary/aromatic N) is 4. The van der Waals surface area contributed by atoms with Crippen LogP contribution in [0.2, 0.25) is 0 Å². The number of nitriles is 1. The van der Waals surface area contributed by atoms with Gasteiger partial charge in [-0.25, -0.2) is 0 Å². The molecule has 0 unspecified atom stereocenters. The average Bonchev–Trinajstić information content (AvgIpc) is 2.48. The third-order valence-corrected chi connectivity index (χ3v) is 4.00. The van der Waals surface area contributed by atoms with Crippen molar-refractivity contribution in [3.63, 3.8) is 0 Å². The summed E-state index contributed by atoms with van der Waals surface area (Å²) >= 11 is 0. The fourth-order valence-corrected chi connectivity index (χ4v) is 2.60. The highest BCUT2D eigenvalue weighted by atomic mass is 15.3. The number of nitrogen functional groups attached to an aromatic ring is 1. The van der Waals surface area contributed by atoms with Crippen LogP contribution in [-0.2, 0) is 6.42 Å². The van der Waals surface area contributed by atoms with E-state index < -0.39 is 0 Å². The number of nitrogens with two attached hydrogens (primary N) is 1. The molecule has 0 aromatic heterocycles. The molecule has 0 spiro atoms. The fourth-order valence-electron chi connectivity index (χ4n) is 2.60. The summed E-state index contributed by atoms with van der Waals surface area (Å²) in [6.45, 7) is 6.47. The summed E-state index contributed by atoms with van der Waals surface area (Å²) in [4.78, 5) is 7.11. The summed E-state index contributed by atoms with van der Waals surface area (Å²) in [5, 5.41) is 8.85. The lowest BCUT2D eigenvalue weighted by Crippen LogP contribution is -2.48. The second kappa shape index (κ2) is 7.30. The van der Waals surface area contributed by atoms with Crippen LogP contribution >= 0.6 is 0 Å². The van der Waals surface area contributed by atoms with Crippen molar-refractivity contribution in [1.82, 2.24) is 9.80 Å². The minimum absolute atomic E-state index is 0.377. The van der Waals surface area contributed by atoms with Gasteiger partial charge in [-0.3, -0.25) is 4.90 Å². The Balaban J connectivity index is 1.93. The zero-order valence-corrected chi connectivity index (χ0v) is 13.0. The van der Waals surface area contributed by atoms with Crippen molar-refractivity contribution < 1.29 is 0 Å². The highest BCUT2D eigenvalue weighted by Crippen LogP contribution is 2.22. The minimum Gasteiger partial charge on any atom is -0.398 e. The summed E-state index contributed by atoms with van der Waals surface area (Å²) < 4.78 is 0. The highest BCUT2D eigenvalue weighted by Gasteiger charge is 2.17. The van der Waals surface area contributed by atoms with Crippen molar-refractivity contribution in [3.05, 3.63) is 23.8 Å². The second-order valence-electron chi connectivity index (χ2n) is 5.85. The van der Waals surface area contributed by atoms with Gasteiger partial charge in [0.1, 0.15) is 0 Å². The zero-order valence-electron chi connectivity index (χ0n) is 13.0. The number of hydrogen-bond donors (Lipinski definition) is 1. The molecule has 0 aliphatic carbocycles. The maximum atomic E-state index is 8.85. The first kappa shape index (κ1) is 15.6. The molecule has 1 fully saturated rings. The topological polar surface area (TPSA) is 59.5 Å². The largest absolute Gasteiger partial charge is 0.398 e. The maximum Gasteiger partial charge on any atom is 0.0670 e. The molecule has 1 heterocycles. The van der Waals surface area contributed by atoms with E-state index >= 15 is 0 Å². The lowest BCUT2D eigenvalue weighted by Gasteiger charge is -2.36. The summed E-state index contributed by atoms with van der Waals surface area (Å²) in [6, 6.07) is 8.22. The van der Waals surface area contributed by atoms with Crippen LogP contribution in [-0.4, -0.2) is 63.2 Å². The van der Waals surface area contributed by atoms with Crippen LogP contribution < -0.4 is 10.6 Å². The van der Waals surface area contributed by atoms with E-state index in [0.717, 1.165) is 44.8 Å². The maximum absolute atomic E-state index is 8.85. The van der Waals surface area contributed by atoms with Crippen molar-refractivity contribution >= 4 is 11.4 Å². The third-order valence-electron chi connectivity index (χ3n) is 4.00. The Morgan fingerprint density at radius 2 is 1.95 bits per heavy atom. The van der Waals surface area contributed by atoms with E-state index in [1.807, 2.05) is 6.07 Å². The van der Waals surface area contributed by atoms with Crippen molar-refractivity contribution in [3.8, 4) is 6.07 Å². The first-order chi connectivity index (χ1) is 10.1. The molecule has 0 radical (unpaired) electrons. The van der Waals surface area contributed by atoms with Crippen LogP contribution in [0.3, 0.4) is 0 Å². The number of benzene rings is 1. The van der Waals surface area contributed by atoms with E-state index in [-0.39, 0.29) is 0 Å². The molecule has 1 saturated heterocycles. The lowest BCUT2D eigenvalue weighted by atomic mass is 10.1. The first-order valence-electron chi connectivity index (χ1n) is 7.47. The number of anilines is 2. The van der Waals surface area contributed by atoms with E-state index in [2.05, 4.69) is 47.0 Å². The number of hydrogen-bond acceptors (Lipinski definition) is 5. The molecule has 0 amide bonds. The Labute approximate surface area is 127 Å². The summed E-state index contributed by atoms with van der Waals surface area (Å²) in [7, 11) is 4.22. The van der Waals surface area contributed by atoms with Gasteiger partial charge in [-0.2, -0.15) is 5.26 Å². The average molecular weight is 287 g/mol. The monoisotopic (exact) mass is 287 g/mol. The van der Waals surface area contributed by atoms with E-state index in [0.29, 0.717) is 12.1 Å². The molecule has 5 nitrogen and oxygen atoms in total. The van der Waals surface area contributed by atoms with Crippen LogP contribution in [0.4, 0.5) is 11.4 Å². The second-order valence-corrected chi connectivity index (χ2v) is 5.85.